The molecule has 1 saturated carbocycles. The summed E-state index contributed by atoms with van der Waals surface area (Å²) in [6.07, 6.45) is -2.31. The van der Waals surface area contributed by atoms with E-state index >= 15 is 0 Å². The molecule has 1 unspecified atom stereocenters. The fraction of sp³-hybridized carbons (Fsp3) is 1.00. The predicted molar refractivity (Wildman–Crippen MR) is 73.0 cm³/mol. The van der Waals surface area contributed by atoms with E-state index in [4.69, 9.17) is 0 Å². The van der Waals surface area contributed by atoms with Crippen LogP contribution in [0.4, 0.5) is 13.2 Å². The van der Waals surface area contributed by atoms with E-state index in [1.165, 1.54) is 0 Å². The Balaban J connectivity index is 2.98. The molecule has 19 heavy (non-hydrogen) atoms. The van der Waals surface area contributed by atoms with Crippen molar-refractivity contribution in [1.82, 2.24) is 4.90 Å². The summed E-state index contributed by atoms with van der Waals surface area (Å²) in [6, 6.07) is -1.21. The smallest absolute Gasteiger partial charge is 0.286 e. The molecular weight excluding hydrogens is 251 g/mol. The van der Waals surface area contributed by atoms with Gasteiger partial charge in [-0.3, -0.25) is 4.90 Å². The minimum atomic E-state index is -4.14. The van der Waals surface area contributed by atoms with Crippen LogP contribution in [-0.4, -0.2) is 29.2 Å². The number of nitrogens with zero attached hydrogens (tertiary/aromatic N) is 1. The zero-order valence-corrected chi connectivity index (χ0v) is 13.0. The van der Waals surface area contributed by atoms with Crippen LogP contribution in [-0.2, 0) is 0 Å². The van der Waals surface area contributed by atoms with Gasteiger partial charge in [-0.2, -0.15) is 13.2 Å². The Morgan fingerprint density at radius 1 is 0.895 bits per heavy atom. The molecule has 1 aliphatic carbocycles. The van der Waals surface area contributed by atoms with E-state index < -0.39 is 18.1 Å². The lowest BCUT2D eigenvalue weighted by molar-refractivity contribution is -0.205. The van der Waals surface area contributed by atoms with Crippen LogP contribution < -0.4 is 0 Å². The third-order valence-corrected chi connectivity index (χ3v) is 4.54. The Morgan fingerprint density at radius 3 is 1.63 bits per heavy atom. The molecule has 0 saturated heterocycles. The molecule has 1 nitrogen and oxygen atoms in total. The van der Waals surface area contributed by atoms with Crippen LogP contribution in [0.3, 0.4) is 0 Å². The van der Waals surface area contributed by atoms with Crippen molar-refractivity contribution in [2.24, 2.45) is 17.8 Å². The van der Waals surface area contributed by atoms with Gasteiger partial charge in [0.05, 0.1) is 0 Å². The fourth-order valence-corrected chi connectivity index (χ4v) is 2.91. The van der Waals surface area contributed by atoms with Crippen LogP contribution >= 0.6 is 0 Å². The molecule has 3 atom stereocenters. The molecule has 0 aromatic rings. The lowest BCUT2D eigenvalue weighted by Gasteiger charge is -2.43. The molecule has 0 aromatic heterocycles. The van der Waals surface area contributed by atoms with Crippen molar-refractivity contribution in [2.75, 3.05) is 0 Å². The summed E-state index contributed by atoms with van der Waals surface area (Å²) < 4.78 is 40.2. The van der Waals surface area contributed by atoms with Crippen LogP contribution in [0.15, 0.2) is 0 Å². The average molecular weight is 279 g/mol. The molecule has 0 spiro atoms. The number of halogens is 3. The second kappa shape index (κ2) is 6.02. The lowest BCUT2D eigenvalue weighted by Crippen LogP contribution is -2.55. The summed E-state index contributed by atoms with van der Waals surface area (Å²) in [5, 5.41) is 0. The van der Waals surface area contributed by atoms with Crippen molar-refractivity contribution in [3.63, 3.8) is 0 Å². The van der Waals surface area contributed by atoms with Gasteiger partial charge >= 0.3 is 6.18 Å². The zero-order valence-electron chi connectivity index (χ0n) is 13.0. The van der Waals surface area contributed by atoms with Gasteiger partial charge < -0.3 is 0 Å². The molecule has 114 valence electrons. The number of hydrogen-bond acceptors (Lipinski definition) is 1. The first-order valence-corrected chi connectivity index (χ1v) is 7.41. The first kappa shape index (κ1) is 16.8. The van der Waals surface area contributed by atoms with Gasteiger partial charge in [0.15, 0.2) is 0 Å². The lowest BCUT2D eigenvalue weighted by atomic mass is 9.88. The summed E-state index contributed by atoms with van der Waals surface area (Å²) >= 11 is 0. The Kier molecular flexibility index (Phi) is 5.33. The van der Waals surface area contributed by atoms with Gasteiger partial charge in [-0.05, 0) is 37.5 Å². The molecule has 0 radical (unpaired) electrons. The fourth-order valence-electron chi connectivity index (χ4n) is 2.91. The summed E-state index contributed by atoms with van der Waals surface area (Å²) in [5.74, 6) is 0.268. The Labute approximate surface area is 115 Å². The van der Waals surface area contributed by atoms with Crippen molar-refractivity contribution in [1.29, 1.82) is 0 Å². The molecule has 0 aliphatic heterocycles. The van der Waals surface area contributed by atoms with Crippen LogP contribution in [0.1, 0.15) is 54.4 Å². The Hall–Kier alpha value is -0.250. The topological polar surface area (TPSA) is 3.24 Å². The van der Waals surface area contributed by atoms with Gasteiger partial charge in [-0.1, -0.05) is 34.6 Å². The first-order chi connectivity index (χ1) is 8.57. The average Bonchev–Trinajstić information content (AvgIpc) is 3.04. The molecule has 1 rings (SSSR count). The standard InChI is InChI=1S/C15H28F3N/c1-9(2)11(5)12(6)19(13-7-8-13)14(10(3)4)15(16,17)18/h9-14H,7-8H2,1-6H3/t11?,12-,14+/m1/s1. The third-order valence-electron chi connectivity index (χ3n) is 4.54. The van der Waals surface area contributed by atoms with E-state index in [0.29, 0.717) is 5.92 Å². The van der Waals surface area contributed by atoms with Crippen LogP contribution in [0, 0.1) is 17.8 Å². The highest BCUT2D eigenvalue weighted by Crippen LogP contribution is 2.41. The minimum absolute atomic E-state index is 0.0264. The van der Waals surface area contributed by atoms with Crippen LogP contribution in [0.25, 0.3) is 0 Å². The van der Waals surface area contributed by atoms with Gasteiger partial charge in [0.25, 0.3) is 0 Å². The van der Waals surface area contributed by atoms with E-state index in [0.717, 1.165) is 12.8 Å². The molecule has 0 N–H and O–H groups in total. The molecule has 1 aliphatic rings. The Bertz CT molecular complexity index is 282. The number of hydrogen-bond donors (Lipinski definition) is 0. The van der Waals surface area contributed by atoms with Crippen molar-refractivity contribution >= 4 is 0 Å². The third kappa shape index (κ3) is 4.11. The molecule has 4 heteroatoms. The highest BCUT2D eigenvalue weighted by atomic mass is 19.4. The second-order valence-electron chi connectivity index (χ2n) is 6.75. The van der Waals surface area contributed by atoms with E-state index in [1.54, 1.807) is 18.7 Å². The van der Waals surface area contributed by atoms with Crippen molar-refractivity contribution in [3.05, 3.63) is 0 Å². The van der Waals surface area contributed by atoms with Crippen LogP contribution in [0.2, 0.25) is 0 Å². The molecule has 0 aromatic carbocycles. The van der Waals surface area contributed by atoms with E-state index in [-0.39, 0.29) is 18.0 Å². The van der Waals surface area contributed by atoms with Gasteiger partial charge in [0.1, 0.15) is 6.04 Å². The molecular formula is C15H28F3N. The molecule has 0 bridgehead atoms. The normalized spacial score (nSPS) is 22.1. The summed E-state index contributed by atoms with van der Waals surface area (Å²) in [6.45, 7) is 11.6. The molecule has 0 heterocycles. The summed E-state index contributed by atoms with van der Waals surface area (Å²) in [7, 11) is 0. The van der Waals surface area contributed by atoms with Crippen molar-refractivity contribution in [2.45, 2.75) is 78.7 Å². The van der Waals surface area contributed by atoms with E-state index in [9.17, 15) is 13.2 Å². The van der Waals surface area contributed by atoms with Crippen molar-refractivity contribution in [3.8, 4) is 0 Å². The second-order valence-corrected chi connectivity index (χ2v) is 6.75. The maximum Gasteiger partial charge on any atom is 0.404 e. The monoisotopic (exact) mass is 279 g/mol. The van der Waals surface area contributed by atoms with Gasteiger partial charge in [-0.25, -0.2) is 0 Å². The van der Waals surface area contributed by atoms with E-state index in [1.807, 2.05) is 6.92 Å². The van der Waals surface area contributed by atoms with Gasteiger partial charge in [0, 0.05) is 12.1 Å². The first-order valence-electron chi connectivity index (χ1n) is 7.41. The van der Waals surface area contributed by atoms with E-state index in [2.05, 4.69) is 20.8 Å². The maximum absolute atomic E-state index is 13.4. The number of alkyl halides is 3. The number of rotatable bonds is 6. The van der Waals surface area contributed by atoms with Gasteiger partial charge in [-0.15, -0.1) is 0 Å². The highest BCUT2D eigenvalue weighted by molar-refractivity contribution is 4.96. The van der Waals surface area contributed by atoms with Crippen molar-refractivity contribution < 1.29 is 13.2 Å². The Morgan fingerprint density at radius 2 is 1.37 bits per heavy atom. The molecule has 1 fully saturated rings. The highest BCUT2D eigenvalue weighted by Gasteiger charge is 2.51. The predicted octanol–water partition coefficient (Wildman–Crippen LogP) is 4.72. The van der Waals surface area contributed by atoms with Crippen LogP contribution in [0.5, 0.6) is 0 Å². The quantitative estimate of drug-likeness (QED) is 0.680. The van der Waals surface area contributed by atoms with Gasteiger partial charge in [0.2, 0.25) is 0 Å². The largest absolute Gasteiger partial charge is 0.404 e. The summed E-state index contributed by atoms with van der Waals surface area (Å²) in [5.41, 5.74) is 0. The zero-order chi connectivity index (χ0) is 15.0. The molecule has 0 amide bonds. The SMILES string of the molecule is CC(C)C(C)[C@@H](C)N(C1CC1)[C@@H](C(C)C)C(F)(F)F. The maximum atomic E-state index is 13.4. The minimum Gasteiger partial charge on any atom is -0.286 e. The summed E-state index contributed by atoms with van der Waals surface area (Å²) in [4.78, 5) is 1.76.